The Morgan fingerprint density at radius 1 is 1.00 bits per heavy atom. The summed E-state index contributed by atoms with van der Waals surface area (Å²) >= 11 is 5.97. The molecular weight excluding hydrogens is 362 g/mol. The summed E-state index contributed by atoms with van der Waals surface area (Å²) in [5.74, 6) is -0.119. The molecule has 0 radical (unpaired) electrons. The largest absolute Gasteiger partial charge is 0.352 e. The summed E-state index contributed by atoms with van der Waals surface area (Å²) < 4.78 is 0. The molecule has 27 heavy (non-hydrogen) atoms. The summed E-state index contributed by atoms with van der Waals surface area (Å²) in [7, 11) is 2.06. The number of benzene rings is 2. The van der Waals surface area contributed by atoms with Crippen molar-refractivity contribution in [2.75, 3.05) is 39.8 Å². The zero-order valence-corrected chi connectivity index (χ0v) is 16.2. The molecule has 0 unspecified atom stereocenters. The second-order valence-corrected chi connectivity index (χ2v) is 7.25. The van der Waals surface area contributed by atoms with Crippen molar-refractivity contribution >= 4 is 23.4 Å². The van der Waals surface area contributed by atoms with E-state index >= 15 is 0 Å². The minimum Gasteiger partial charge on any atom is -0.352 e. The van der Waals surface area contributed by atoms with Gasteiger partial charge in [0, 0.05) is 48.9 Å². The van der Waals surface area contributed by atoms with Gasteiger partial charge in [-0.15, -0.1) is 0 Å². The molecule has 1 heterocycles. The summed E-state index contributed by atoms with van der Waals surface area (Å²) in [4.78, 5) is 28.9. The van der Waals surface area contributed by atoms with Crippen LogP contribution in [-0.2, 0) is 6.42 Å². The third kappa shape index (κ3) is 5.31. The van der Waals surface area contributed by atoms with Gasteiger partial charge in [0.05, 0.1) is 0 Å². The van der Waals surface area contributed by atoms with E-state index in [1.165, 1.54) is 0 Å². The van der Waals surface area contributed by atoms with Gasteiger partial charge in [-0.25, -0.2) is 0 Å². The Morgan fingerprint density at radius 3 is 2.33 bits per heavy atom. The summed E-state index contributed by atoms with van der Waals surface area (Å²) in [5.41, 5.74) is 2.25. The van der Waals surface area contributed by atoms with Gasteiger partial charge in [-0.05, 0) is 55.4 Å². The van der Waals surface area contributed by atoms with Crippen LogP contribution in [-0.4, -0.2) is 61.4 Å². The Kier molecular flexibility index (Phi) is 6.48. The van der Waals surface area contributed by atoms with Crippen molar-refractivity contribution in [1.82, 2.24) is 15.1 Å². The average molecular weight is 386 g/mol. The van der Waals surface area contributed by atoms with Gasteiger partial charge >= 0.3 is 0 Å². The zero-order valence-electron chi connectivity index (χ0n) is 15.5. The molecule has 2 aromatic rings. The number of carbonyl (C=O) groups excluding carboxylic acids is 2. The van der Waals surface area contributed by atoms with Crippen LogP contribution in [0.2, 0.25) is 5.02 Å². The Balaban J connectivity index is 1.51. The maximum Gasteiger partial charge on any atom is 0.253 e. The van der Waals surface area contributed by atoms with E-state index in [2.05, 4.69) is 17.3 Å². The van der Waals surface area contributed by atoms with E-state index in [0.717, 1.165) is 31.7 Å². The van der Waals surface area contributed by atoms with Crippen LogP contribution in [0.25, 0.3) is 0 Å². The minimum atomic E-state index is -0.143. The molecule has 2 aromatic carbocycles. The highest BCUT2D eigenvalue weighted by Gasteiger charge is 2.20. The smallest absolute Gasteiger partial charge is 0.253 e. The number of rotatable bonds is 5. The number of nitrogens with one attached hydrogen (secondary N) is 1. The number of piperazine rings is 1. The molecule has 5 nitrogen and oxygen atoms in total. The first-order valence-electron chi connectivity index (χ1n) is 9.13. The molecule has 1 saturated heterocycles. The van der Waals surface area contributed by atoms with E-state index in [0.29, 0.717) is 29.1 Å². The molecule has 0 aromatic heterocycles. The highest BCUT2D eigenvalue weighted by Crippen LogP contribution is 2.12. The van der Waals surface area contributed by atoms with Crippen molar-refractivity contribution in [3.8, 4) is 0 Å². The van der Waals surface area contributed by atoms with Gasteiger partial charge in [-0.1, -0.05) is 23.7 Å². The SMILES string of the molecule is CN1CCN(C(=O)c2ccc(C(=O)NCCc3cccc(Cl)c3)cc2)CC1. The summed E-state index contributed by atoms with van der Waals surface area (Å²) in [6.07, 6.45) is 0.715. The van der Waals surface area contributed by atoms with Crippen LogP contribution >= 0.6 is 11.6 Å². The highest BCUT2D eigenvalue weighted by molar-refractivity contribution is 6.30. The highest BCUT2D eigenvalue weighted by atomic mass is 35.5. The first kappa shape index (κ1) is 19.4. The molecule has 6 heteroatoms. The molecule has 0 spiro atoms. The Labute approximate surface area is 164 Å². The van der Waals surface area contributed by atoms with Crippen LogP contribution in [0, 0.1) is 0 Å². The Morgan fingerprint density at radius 2 is 1.67 bits per heavy atom. The first-order chi connectivity index (χ1) is 13.0. The number of carbonyl (C=O) groups is 2. The van der Waals surface area contributed by atoms with E-state index in [1.54, 1.807) is 24.3 Å². The fourth-order valence-corrected chi connectivity index (χ4v) is 3.28. The lowest BCUT2D eigenvalue weighted by atomic mass is 10.1. The molecule has 0 atom stereocenters. The van der Waals surface area contributed by atoms with Crippen LogP contribution in [0.15, 0.2) is 48.5 Å². The minimum absolute atomic E-state index is 0.0241. The predicted octanol–water partition coefficient (Wildman–Crippen LogP) is 2.70. The van der Waals surface area contributed by atoms with Crippen molar-refractivity contribution in [3.05, 3.63) is 70.2 Å². The molecule has 1 aliphatic rings. The van der Waals surface area contributed by atoms with Gasteiger partial charge in [0.15, 0.2) is 0 Å². The van der Waals surface area contributed by atoms with Gasteiger partial charge in [0.25, 0.3) is 11.8 Å². The molecule has 0 aliphatic carbocycles. The molecule has 0 saturated carbocycles. The van der Waals surface area contributed by atoms with Crippen LogP contribution in [0.1, 0.15) is 26.3 Å². The Hall–Kier alpha value is -2.37. The topological polar surface area (TPSA) is 52.7 Å². The number of hydrogen-bond donors (Lipinski definition) is 1. The van der Waals surface area contributed by atoms with Gasteiger partial charge in [0.1, 0.15) is 0 Å². The van der Waals surface area contributed by atoms with Crippen LogP contribution < -0.4 is 5.32 Å². The van der Waals surface area contributed by atoms with Crippen molar-refractivity contribution in [3.63, 3.8) is 0 Å². The van der Waals surface area contributed by atoms with E-state index in [9.17, 15) is 9.59 Å². The zero-order chi connectivity index (χ0) is 19.2. The first-order valence-corrected chi connectivity index (χ1v) is 9.51. The van der Waals surface area contributed by atoms with Crippen molar-refractivity contribution in [1.29, 1.82) is 0 Å². The summed E-state index contributed by atoms with van der Waals surface area (Å²) in [6, 6.07) is 14.5. The Bertz CT molecular complexity index is 799. The van der Waals surface area contributed by atoms with Crippen LogP contribution in [0.4, 0.5) is 0 Å². The third-order valence-electron chi connectivity index (χ3n) is 4.77. The van der Waals surface area contributed by atoms with E-state index in [-0.39, 0.29) is 11.8 Å². The summed E-state index contributed by atoms with van der Waals surface area (Å²) in [5, 5.41) is 3.59. The molecule has 3 rings (SSSR count). The summed E-state index contributed by atoms with van der Waals surface area (Å²) in [6.45, 7) is 3.78. The molecule has 0 bridgehead atoms. The molecule has 2 amide bonds. The quantitative estimate of drug-likeness (QED) is 0.861. The average Bonchev–Trinajstić information content (AvgIpc) is 2.68. The normalized spacial score (nSPS) is 14.8. The number of amides is 2. The maximum absolute atomic E-state index is 12.5. The molecular formula is C21H24ClN3O2. The van der Waals surface area contributed by atoms with Gasteiger partial charge in [-0.3, -0.25) is 9.59 Å². The lowest BCUT2D eigenvalue weighted by molar-refractivity contribution is 0.0663. The molecule has 1 aliphatic heterocycles. The second kappa shape index (κ2) is 9.02. The lowest BCUT2D eigenvalue weighted by Crippen LogP contribution is -2.47. The number of hydrogen-bond acceptors (Lipinski definition) is 3. The van der Waals surface area contributed by atoms with E-state index in [1.807, 2.05) is 29.2 Å². The molecule has 1 N–H and O–H groups in total. The van der Waals surface area contributed by atoms with Crippen LogP contribution in [0.3, 0.4) is 0 Å². The fraction of sp³-hybridized carbons (Fsp3) is 0.333. The van der Waals surface area contributed by atoms with Gasteiger partial charge in [-0.2, -0.15) is 0 Å². The van der Waals surface area contributed by atoms with Crippen molar-refractivity contribution in [2.24, 2.45) is 0 Å². The van der Waals surface area contributed by atoms with Gasteiger partial charge < -0.3 is 15.1 Å². The third-order valence-corrected chi connectivity index (χ3v) is 5.01. The molecule has 142 valence electrons. The monoisotopic (exact) mass is 385 g/mol. The number of nitrogens with zero attached hydrogens (tertiary/aromatic N) is 2. The fourth-order valence-electron chi connectivity index (χ4n) is 3.07. The van der Waals surface area contributed by atoms with Crippen LogP contribution in [0.5, 0.6) is 0 Å². The number of halogens is 1. The van der Waals surface area contributed by atoms with E-state index in [4.69, 9.17) is 11.6 Å². The van der Waals surface area contributed by atoms with Crippen molar-refractivity contribution < 1.29 is 9.59 Å². The maximum atomic E-state index is 12.5. The van der Waals surface area contributed by atoms with Gasteiger partial charge in [0.2, 0.25) is 0 Å². The van der Waals surface area contributed by atoms with E-state index < -0.39 is 0 Å². The standard InChI is InChI=1S/C21H24ClN3O2/c1-24-11-13-25(14-12-24)21(27)18-7-5-17(6-8-18)20(26)23-10-9-16-3-2-4-19(22)15-16/h2-8,15H,9-14H2,1H3,(H,23,26). The lowest BCUT2D eigenvalue weighted by Gasteiger charge is -2.32. The number of likely N-dealkylation sites (N-methyl/N-ethyl adjacent to an activating group) is 1. The second-order valence-electron chi connectivity index (χ2n) is 6.81. The predicted molar refractivity (Wildman–Crippen MR) is 107 cm³/mol. The molecule has 1 fully saturated rings. The van der Waals surface area contributed by atoms with Crippen molar-refractivity contribution in [2.45, 2.75) is 6.42 Å².